The highest BCUT2D eigenvalue weighted by atomic mass is 16.6. The highest BCUT2D eigenvalue weighted by Gasteiger charge is 2.24. The molecule has 9 nitrogen and oxygen atoms in total. The lowest BCUT2D eigenvalue weighted by atomic mass is 10.3. The van der Waals surface area contributed by atoms with E-state index in [2.05, 4.69) is 15.5 Å². The first-order chi connectivity index (χ1) is 10.3. The molecule has 2 heterocycles. The van der Waals surface area contributed by atoms with Crippen LogP contribution in [0.25, 0.3) is 0 Å². The molecule has 118 valence electrons. The van der Waals surface area contributed by atoms with Gasteiger partial charge in [-0.3, -0.25) is 9.48 Å². The minimum Gasteiger partial charge on any atom is -0.358 e. The van der Waals surface area contributed by atoms with Gasteiger partial charge in [-0.1, -0.05) is 0 Å². The lowest BCUT2D eigenvalue weighted by Crippen LogP contribution is -2.31. The maximum atomic E-state index is 12.2. The molecule has 2 aromatic heterocycles. The molecule has 9 heteroatoms. The molecule has 0 fully saturated rings. The molecule has 0 bridgehead atoms. The van der Waals surface area contributed by atoms with Crippen molar-refractivity contribution in [2.24, 2.45) is 7.05 Å². The minimum absolute atomic E-state index is 0.266. The number of nitro groups is 1. The van der Waals surface area contributed by atoms with Gasteiger partial charge in [0.05, 0.1) is 29.1 Å². The van der Waals surface area contributed by atoms with E-state index in [1.165, 1.54) is 10.7 Å². The average Bonchev–Trinajstić information content (AvgIpc) is 2.99. The highest BCUT2D eigenvalue weighted by Crippen LogP contribution is 2.16. The third-order valence-corrected chi connectivity index (χ3v) is 3.45. The van der Waals surface area contributed by atoms with Crippen LogP contribution in [0.2, 0.25) is 0 Å². The van der Waals surface area contributed by atoms with Crippen molar-refractivity contribution in [1.29, 1.82) is 0 Å². The van der Waals surface area contributed by atoms with Gasteiger partial charge < -0.3 is 15.4 Å². The summed E-state index contributed by atoms with van der Waals surface area (Å²) in [6, 6.07) is 2.58. The molecule has 1 amide bonds. The van der Waals surface area contributed by atoms with Crippen LogP contribution in [0.15, 0.2) is 12.1 Å². The van der Waals surface area contributed by atoms with Crippen LogP contribution in [0.3, 0.4) is 0 Å². The summed E-state index contributed by atoms with van der Waals surface area (Å²) in [4.78, 5) is 22.3. The Kier molecular flexibility index (Phi) is 4.25. The molecular formula is C13H18N6O3. The van der Waals surface area contributed by atoms with Gasteiger partial charge in [0.15, 0.2) is 0 Å². The third kappa shape index (κ3) is 3.13. The average molecular weight is 306 g/mol. The number of carbonyl (C=O) groups is 1. The summed E-state index contributed by atoms with van der Waals surface area (Å²) >= 11 is 0. The van der Waals surface area contributed by atoms with Gasteiger partial charge in [0, 0.05) is 12.7 Å². The summed E-state index contributed by atoms with van der Waals surface area (Å²) in [7, 11) is 1.83. The minimum atomic E-state index is -0.640. The Morgan fingerprint density at radius 2 is 2.05 bits per heavy atom. The number of nitrogens with zero attached hydrogens (tertiary/aromatic N) is 5. The van der Waals surface area contributed by atoms with E-state index in [-0.39, 0.29) is 11.7 Å². The first-order valence-electron chi connectivity index (χ1n) is 6.77. The molecule has 0 saturated carbocycles. The van der Waals surface area contributed by atoms with E-state index in [1.807, 2.05) is 20.0 Å². The van der Waals surface area contributed by atoms with Crippen molar-refractivity contribution < 1.29 is 9.72 Å². The smallest absolute Gasteiger partial charge is 0.358 e. The summed E-state index contributed by atoms with van der Waals surface area (Å²) in [5.74, 6) is -0.540. The molecule has 22 heavy (non-hydrogen) atoms. The summed E-state index contributed by atoms with van der Waals surface area (Å²) in [6.07, 6.45) is 0. The van der Waals surface area contributed by atoms with Gasteiger partial charge in [0.25, 0.3) is 0 Å². The molecule has 0 aromatic carbocycles. The Morgan fingerprint density at radius 1 is 1.36 bits per heavy atom. The summed E-state index contributed by atoms with van der Waals surface area (Å²) in [6.45, 7) is 5.54. The summed E-state index contributed by atoms with van der Waals surface area (Å²) in [5.41, 5.74) is 2.31. The van der Waals surface area contributed by atoms with E-state index in [0.717, 1.165) is 11.4 Å². The number of rotatable bonds is 5. The quantitative estimate of drug-likeness (QED) is 0.655. The molecule has 0 aliphatic carbocycles. The van der Waals surface area contributed by atoms with E-state index in [4.69, 9.17) is 0 Å². The van der Waals surface area contributed by atoms with Crippen LogP contribution in [-0.2, 0) is 18.4 Å². The molecule has 2 aromatic rings. The van der Waals surface area contributed by atoms with Crippen LogP contribution in [0.1, 0.15) is 30.0 Å². The summed E-state index contributed by atoms with van der Waals surface area (Å²) in [5, 5.41) is 21.6. The summed E-state index contributed by atoms with van der Waals surface area (Å²) < 4.78 is 3.07. The molecule has 0 aliphatic heterocycles. The third-order valence-electron chi connectivity index (χ3n) is 3.45. The van der Waals surface area contributed by atoms with Crippen LogP contribution in [0.4, 0.5) is 5.82 Å². The van der Waals surface area contributed by atoms with E-state index in [9.17, 15) is 14.9 Å². The number of amides is 1. The van der Waals surface area contributed by atoms with E-state index in [1.54, 1.807) is 18.5 Å². The molecule has 0 aliphatic rings. The maximum Gasteiger partial charge on any atom is 0.390 e. The van der Waals surface area contributed by atoms with Crippen molar-refractivity contribution >= 4 is 11.7 Å². The lowest BCUT2D eigenvalue weighted by molar-refractivity contribution is -0.389. The normalized spacial score (nSPS) is 12.2. The first kappa shape index (κ1) is 15.7. The molecule has 1 N–H and O–H groups in total. The number of carbonyl (C=O) groups excluding carboxylic acids is 1. The van der Waals surface area contributed by atoms with Crippen LogP contribution in [0.5, 0.6) is 0 Å². The maximum absolute atomic E-state index is 12.2. The van der Waals surface area contributed by atoms with Gasteiger partial charge >= 0.3 is 5.82 Å². The van der Waals surface area contributed by atoms with Gasteiger partial charge in [-0.25, -0.2) is 0 Å². The van der Waals surface area contributed by atoms with Crippen molar-refractivity contribution in [3.8, 4) is 0 Å². The number of nitrogens with one attached hydrogen (secondary N) is 1. The molecule has 0 radical (unpaired) electrons. The van der Waals surface area contributed by atoms with Gasteiger partial charge in [-0.15, -0.1) is 0 Å². The van der Waals surface area contributed by atoms with Crippen LogP contribution in [0, 0.1) is 24.0 Å². The van der Waals surface area contributed by atoms with Gasteiger partial charge in [0.1, 0.15) is 6.04 Å². The molecule has 0 saturated heterocycles. The Hall–Kier alpha value is -2.71. The Labute approximate surface area is 127 Å². The monoisotopic (exact) mass is 306 g/mol. The van der Waals surface area contributed by atoms with Crippen LogP contribution >= 0.6 is 0 Å². The van der Waals surface area contributed by atoms with Gasteiger partial charge in [0.2, 0.25) is 5.91 Å². The zero-order chi connectivity index (χ0) is 16.4. The zero-order valence-corrected chi connectivity index (χ0v) is 12.9. The largest absolute Gasteiger partial charge is 0.390 e. The van der Waals surface area contributed by atoms with Crippen LogP contribution in [-0.4, -0.2) is 30.4 Å². The predicted molar refractivity (Wildman–Crippen MR) is 78.1 cm³/mol. The Morgan fingerprint density at radius 3 is 2.55 bits per heavy atom. The fourth-order valence-corrected chi connectivity index (χ4v) is 2.11. The standard InChI is InChI=1S/C13H18N6O3/c1-8-5-11(15-17(8)4)7-14-13(20)10(3)18-9(2)6-12(16-18)19(21)22/h5-6,10H,7H2,1-4H3,(H,14,20). The predicted octanol–water partition coefficient (Wildman–Crippen LogP) is 1.02. The molecule has 1 unspecified atom stereocenters. The van der Waals surface area contributed by atoms with Crippen LogP contribution < -0.4 is 5.32 Å². The van der Waals surface area contributed by atoms with Crippen molar-refractivity contribution in [2.45, 2.75) is 33.4 Å². The zero-order valence-electron chi connectivity index (χ0n) is 12.9. The molecule has 1 atom stereocenters. The van der Waals surface area contributed by atoms with Crippen molar-refractivity contribution in [2.75, 3.05) is 0 Å². The van der Waals surface area contributed by atoms with Crippen molar-refractivity contribution in [1.82, 2.24) is 24.9 Å². The first-order valence-corrected chi connectivity index (χ1v) is 6.77. The molecular weight excluding hydrogens is 288 g/mol. The number of hydrogen-bond acceptors (Lipinski definition) is 5. The van der Waals surface area contributed by atoms with Gasteiger partial charge in [-0.2, -0.15) is 9.78 Å². The SMILES string of the molecule is Cc1cc(CNC(=O)C(C)n2nc([N+](=O)[O-])cc2C)nn1C. The second-order valence-corrected chi connectivity index (χ2v) is 5.14. The number of aryl methyl sites for hydroxylation is 3. The Balaban J connectivity index is 2.04. The van der Waals surface area contributed by atoms with E-state index >= 15 is 0 Å². The second-order valence-electron chi connectivity index (χ2n) is 5.14. The number of aromatic nitrogens is 4. The molecule has 2 rings (SSSR count). The van der Waals surface area contributed by atoms with Gasteiger partial charge in [-0.05, 0) is 31.8 Å². The second kappa shape index (κ2) is 5.96. The van der Waals surface area contributed by atoms with Crippen molar-refractivity contribution in [3.05, 3.63) is 39.3 Å². The highest BCUT2D eigenvalue weighted by molar-refractivity contribution is 5.79. The van der Waals surface area contributed by atoms with Crippen molar-refractivity contribution in [3.63, 3.8) is 0 Å². The van der Waals surface area contributed by atoms with E-state index < -0.39 is 11.0 Å². The number of hydrogen-bond donors (Lipinski definition) is 1. The fraction of sp³-hybridized carbons (Fsp3) is 0.462. The van der Waals surface area contributed by atoms with E-state index in [0.29, 0.717) is 12.2 Å². The fourth-order valence-electron chi connectivity index (χ4n) is 2.11. The lowest BCUT2D eigenvalue weighted by Gasteiger charge is -2.10. The molecule has 0 spiro atoms. The topological polar surface area (TPSA) is 108 Å². The Bertz CT molecular complexity index is 698.